The fourth-order valence-corrected chi connectivity index (χ4v) is 2.82. The fraction of sp³-hybridized carbons (Fsp3) is 0.238. The van der Waals surface area contributed by atoms with E-state index < -0.39 is 0 Å². The number of carbonyl (C=O) groups excluding carboxylic acids is 1. The summed E-state index contributed by atoms with van der Waals surface area (Å²) in [4.78, 5) is 14.4. The molecular formula is C21H22FN3O2. The molecule has 6 heteroatoms. The number of aromatic nitrogens is 2. The molecule has 0 spiro atoms. The summed E-state index contributed by atoms with van der Waals surface area (Å²) in [5.41, 5.74) is 3.04. The Hall–Kier alpha value is -3.15. The van der Waals surface area contributed by atoms with Gasteiger partial charge in [-0.1, -0.05) is 12.1 Å². The van der Waals surface area contributed by atoms with Crippen LogP contribution in [0.15, 0.2) is 54.6 Å². The quantitative estimate of drug-likeness (QED) is 0.669. The number of aryl methyl sites for hydroxylation is 1. The molecule has 0 saturated heterocycles. The molecule has 0 radical (unpaired) electrons. The second-order valence-corrected chi connectivity index (χ2v) is 6.37. The van der Waals surface area contributed by atoms with Crippen LogP contribution in [0.4, 0.5) is 4.39 Å². The summed E-state index contributed by atoms with van der Waals surface area (Å²) >= 11 is 0. The lowest BCUT2D eigenvalue weighted by Gasteiger charge is -2.17. The highest BCUT2D eigenvalue weighted by Crippen LogP contribution is 2.20. The van der Waals surface area contributed by atoms with E-state index in [-0.39, 0.29) is 11.7 Å². The first-order valence-corrected chi connectivity index (χ1v) is 8.66. The number of methoxy groups -OCH3 is 1. The molecule has 0 N–H and O–H groups in total. The van der Waals surface area contributed by atoms with Crippen LogP contribution in [0.3, 0.4) is 0 Å². The number of halogens is 1. The molecule has 0 bridgehead atoms. The Labute approximate surface area is 158 Å². The molecule has 0 fully saturated rings. The Morgan fingerprint density at radius 1 is 1.15 bits per heavy atom. The Kier molecular flexibility index (Phi) is 5.54. The van der Waals surface area contributed by atoms with Gasteiger partial charge in [0.05, 0.1) is 12.8 Å². The Balaban J connectivity index is 1.68. The minimum atomic E-state index is -0.302. The highest BCUT2D eigenvalue weighted by molar-refractivity contribution is 5.93. The Bertz CT molecular complexity index is 918. The third-order valence-electron chi connectivity index (χ3n) is 4.48. The van der Waals surface area contributed by atoms with Crippen LogP contribution in [0.1, 0.15) is 16.1 Å². The maximum Gasteiger partial charge on any atom is 0.271 e. The van der Waals surface area contributed by atoms with Gasteiger partial charge in [-0.3, -0.25) is 9.48 Å². The molecule has 0 saturated carbocycles. The van der Waals surface area contributed by atoms with Crippen LogP contribution in [0.25, 0.3) is 11.3 Å². The molecule has 27 heavy (non-hydrogen) atoms. The van der Waals surface area contributed by atoms with Gasteiger partial charge in [-0.05, 0) is 54.4 Å². The zero-order valence-electron chi connectivity index (χ0n) is 15.6. The van der Waals surface area contributed by atoms with E-state index in [0.29, 0.717) is 17.9 Å². The van der Waals surface area contributed by atoms with Crippen LogP contribution in [-0.2, 0) is 13.5 Å². The van der Waals surface area contributed by atoms with Gasteiger partial charge >= 0.3 is 0 Å². The van der Waals surface area contributed by atoms with Crippen LogP contribution in [-0.4, -0.2) is 41.3 Å². The highest BCUT2D eigenvalue weighted by atomic mass is 19.1. The van der Waals surface area contributed by atoms with Gasteiger partial charge in [0, 0.05) is 26.2 Å². The molecule has 1 heterocycles. The van der Waals surface area contributed by atoms with Gasteiger partial charge in [0.1, 0.15) is 17.3 Å². The molecule has 0 unspecified atom stereocenters. The first kappa shape index (κ1) is 18.6. The van der Waals surface area contributed by atoms with Crippen LogP contribution >= 0.6 is 0 Å². The molecule has 0 aliphatic rings. The summed E-state index contributed by atoms with van der Waals surface area (Å²) in [6.45, 7) is 0.586. The van der Waals surface area contributed by atoms with Crippen molar-refractivity contribution in [2.24, 2.45) is 7.05 Å². The van der Waals surface area contributed by atoms with E-state index in [1.54, 1.807) is 49.0 Å². The lowest BCUT2D eigenvalue weighted by molar-refractivity contribution is 0.0786. The van der Waals surface area contributed by atoms with Crippen molar-refractivity contribution in [3.05, 3.63) is 71.7 Å². The van der Waals surface area contributed by atoms with Crippen molar-refractivity contribution in [2.75, 3.05) is 20.7 Å². The average molecular weight is 367 g/mol. The minimum absolute atomic E-state index is 0.105. The van der Waals surface area contributed by atoms with Crippen molar-refractivity contribution >= 4 is 5.91 Å². The summed E-state index contributed by atoms with van der Waals surface area (Å²) in [5.74, 6) is 0.405. The van der Waals surface area contributed by atoms with Gasteiger partial charge in [0.2, 0.25) is 0 Å². The van der Waals surface area contributed by atoms with Crippen LogP contribution in [0.5, 0.6) is 5.75 Å². The SMILES string of the molecule is COc1ccc(CCN(C)C(=O)c2cc(-c3ccc(F)cc3)nn2C)cc1. The van der Waals surface area contributed by atoms with E-state index in [1.165, 1.54) is 12.1 Å². The number of benzene rings is 2. The summed E-state index contributed by atoms with van der Waals surface area (Å²) in [7, 11) is 5.14. The molecule has 0 atom stereocenters. The molecular weight excluding hydrogens is 345 g/mol. The predicted octanol–water partition coefficient (Wildman–Crippen LogP) is 3.55. The molecule has 0 aliphatic carbocycles. The molecule has 3 aromatic rings. The zero-order valence-corrected chi connectivity index (χ0v) is 15.6. The molecule has 0 aliphatic heterocycles. The van der Waals surface area contributed by atoms with Gasteiger partial charge in [0.15, 0.2) is 0 Å². The van der Waals surface area contributed by atoms with E-state index >= 15 is 0 Å². The van der Waals surface area contributed by atoms with Crippen LogP contribution in [0.2, 0.25) is 0 Å². The van der Waals surface area contributed by atoms with Gasteiger partial charge in [-0.2, -0.15) is 5.10 Å². The van der Waals surface area contributed by atoms with Gasteiger partial charge < -0.3 is 9.64 Å². The zero-order chi connectivity index (χ0) is 19.4. The second kappa shape index (κ2) is 8.03. The number of rotatable bonds is 6. The molecule has 2 aromatic carbocycles. The van der Waals surface area contributed by atoms with Crippen LogP contribution < -0.4 is 4.74 Å². The van der Waals surface area contributed by atoms with Gasteiger partial charge in [-0.25, -0.2) is 4.39 Å². The molecule has 1 amide bonds. The van der Waals surface area contributed by atoms with Gasteiger partial charge in [0.25, 0.3) is 5.91 Å². The molecule has 1 aromatic heterocycles. The number of ether oxygens (including phenoxy) is 1. The highest BCUT2D eigenvalue weighted by Gasteiger charge is 2.18. The smallest absolute Gasteiger partial charge is 0.271 e. The van der Waals surface area contributed by atoms with Crippen molar-refractivity contribution in [2.45, 2.75) is 6.42 Å². The number of hydrogen-bond acceptors (Lipinski definition) is 3. The first-order valence-electron chi connectivity index (χ1n) is 8.66. The number of likely N-dealkylation sites (N-methyl/N-ethyl adjacent to an activating group) is 1. The third kappa shape index (κ3) is 4.34. The van der Waals surface area contributed by atoms with E-state index in [9.17, 15) is 9.18 Å². The normalized spacial score (nSPS) is 10.7. The summed E-state index contributed by atoms with van der Waals surface area (Å²) in [5, 5.41) is 4.38. The van der Waals surface area contributed by atoms with E-state index in [4.69, 9.17) is 4.74 Å². The third-order valence-corrected chi connectivity index (χ3v) is 4.48. The summed E-state index contributed by atoms with van der Waals surface area (Å²) in [6.07, 6.45) is 0.745. The first-order chi connectivity index (χ1) is 13.0. The van der Waals surface area contributed by atoms with Crippen molar-refractivity contribution in [3.63, 3.8) is 0 Å². The maximum atomic E-state index is 13.1. The molecule has 5 nitrogen and oxygen atoms in total. The van der Waals surface area contributed by atoms with Gasteiger partial charge in [-0.15, -0.1) is 0 Å². The monoisotopic (exact) mass is 367 g/mol. The standard InChI is InChI=1S/C21H22FN3O2/c1-24(13-12-15-4-10-18(27-3)11-5-15)21(26)20-14-19(23-25(20)2)16-6-8-17(22)9-7-16/h4-11,14H,12-13H2,1-3H3. The summed E-state index contributed by atoms with van der Waals surface area (Å²) in [6, 6.07) is 15.6. The Morgan fingerprint density at radius 2 is 1.81 bits per heavy atom. The van der Waals surface area contributed by atoms with Crippen molar-refractivity contribution in [3.8, 4) is 17.0 Å². The van der Waals surface area contributed by atoms with Crippen molar-refractivity contribution in [1.82, 2.24) is 14.7 Å². The average Bonchev–Trinajstić information content (AvgIpc) is 3.08. The molecule has 3 rings (SSSR count). The minimum Gasteiger partial charge on any atom is -0.497 e. The Morgan fingerprint density at radius 3 is 2.44 bits per heavy atom. The van der Waals surface area contributed by atoms with E-state index in [0.717, 1.165) is 23.3 Å². The van der Waals surface area contributed by atoms with E-state index in [2.05, 4.69) is 5.10 Å². The number of amides is 1. The maximum absolute atomic E-state index is 13.1. The number of carbonyl (C=O) groups is 1. The lowest BCUT2D eigenvalue weighted by atomic mass is 10.1. The summed E-state index contributed by atoms with van der Waals surface area (Å²) < 4.78 is 19.8. The van der Waals surface area contributed by atoms with Crippen LogP contribution in [0, 0.1) is 5.82 Å². The second-order valence-electron chi connectivity index (χ2n) is 6.37. The number of hydrogen-bond donors (Lipinski definition) is 0. The fourth-order valence-electron chi connectivity index (χ4n) is 2.82. The van der Waals surface area contributed by atoms with Crippen molar-refractivity contribution in [1.29, 1.82) is 0 Å². The largest absolute Gasteiger partial charge is 0.497 e. The number of nitrogens with zero attached hydrogens (tertiary/aromatic N) is 3. The van der Waals surface area contributed by atoms with Crippen molar-refractivity contribution < 1.29 is 13.9 Å². The molecule has 140 valence electrons. The lowest BCUT2D eigenvalue weighted by Crippen LogP contribution is -2.30. The van der Waals surface area contributed by atoms with E-state index in [1.807, 2.05) is 24.3 Å². The topological polar surface area (TPSA) is 47.4 Å². The predicted molar refractivity (Wildman–Crippen MR) is 102 cm³/mol.